The van der Waals surface area contributed by atoms with Crippen LogP contribution in [0.2, 0.25) is 0 Å². The van der Waals surface area contributed by atoms with E-state index in [4.69, 9.17) is 0 Å². The van der Waals surface area contributed by atoms with Gasteiger partial charge < -0.3 is 5.11 Å². The number of hydrogen-bond acceptors (Lipinski definition) is 3. The zero-order chi connectivity index (χ0) is 10.1. The number of alkyl halides is 1. The summed E-state index contributed by atoms with van der Waals surface area (Å²) < 4.78 is -0.208. The van der Waals surface area contributed by atoms with Crippen LogP contribution in [0, 0.1) is 0 Å². The topological polar surface area (TPSA) is 37.3 Å². The third kappa shape index (κ3) is 3.12. The minimum atomic E-state index is -0.208. The maximum Gasteiger partial charge on any atom is 0.177 e. The van der Waals surface area contributed by atoms with E-state index in [1.807, 2.05) is 13.8 Å². The molecule has 0 aliphatic rings. The zero-order valence-electron chi connectivity index (χ0n) is 7.50. The second-order valence-corrected chi connectivity index (χ2v) is 6.52. The number of hydrogen-bond donors (Lipinski definition) is 1. The van der Waals surface area contributed by atoms with Crippen molar-refractivity contribution in [3.8, 4) is 5.75 Å². The Kier molecular flexibility index (Phi) is 3.14. The molecule has 0 aliphatic heterocycles. The highest BCUT2D eigenvalue weighted by Crippen LogP contribution is 2.29. The van der Waals surface area contributed by atoms with Crippen LogP contribution in [0.25, 0.3) is 0 Å². The predicted molar refractivity (Wildman–Crippen MR) is 57.9 cm³/mol. The molecule has 0 aromatic carbocycles. The summed E-state index contributed by atoms with van der Waals surface area (Å²) in [7, 11) is 0. The fourth-order valence-electron chi connectivity index (χ4n) is 0.973. The van der Waals surface area contributed by atoms with Crippen molar-refractivity contribution >= 4 is 33.0 Å². The second-order valence-electron chi connectivity index (χ2n) is 3.45. The van der Waals surface area contributed by atoms with Gasteiger partial charge in [-0.05, 0) is 25.3 Å². The van der Waals surface area contributed by atoms with Gasteiger partial charge in [0.25, 0.3) is 0 Å². The van der Waals surface area contributed by atoms with E-state index in [2.05, 4.69) is 15.9 Å². The van der Waals surface area contributed by atoms with Gasteiger partial charge >= 0.3 is 0 Å². The first-order valence-electron chi connectivity index (χ1n) is 3.89. The molecule has 72 valence electrons. The lowest BCUT2D eigenvalue weighted by Crippen LogP contribution is -2.15. The van der Waals surface area contributed by atoms with E-state index in [1.165, 1.54) is 11.3 Å². The van der Waals surface area contributed by atoms with Crippen LogP contribution < -0.4 is 0 Å². The van der Waals surface area contributed by atoms with Crippen molar-refractivity contribution in [2.24, 2.45) is 0 Å². The Morgan fingerprint density at radius 1 is 1.69 bits per heavy atom. The van der Waals surface area contributed by atoms with Crippen LogP contribution in [-0.4, -0.2) is 15.2 Å². The van der Waals surface area contributed by atoms with Crippen LogP contribution in [0.1, 0.15) is 29.9 Å². The van der Waals surface area contributed by atoms with Crippen molar-refractivity contribution in [1.29, 1.82) is 0 Å². The van der Waals surface area contributed by atoms with E-state index in [-0.39, 0.29) is 15.9 Å². The molecule has 2 nitrogen and oxygen atoms in total. The highest BCUT2D eigenvalue weighted by Gasteiger charge is 2.21. The summed E-state index contributed by atoms with van der Waals surface area (Å²) in [6.45, 7) is 3.85. The fourth-order valence-corrected chi connectivity index (χ4v) is 1.95. The lowest BCUT2D eigenvalue weighted by Gasteiger charge is -2.13. The Morgan fingerprint density at radius 2 is 2.31 bits per heavy atom. The standard InChI is InChI=1S/C9H11BrO2S/c1-9(2,10)5-7(12)8-6(11)3-4-13-8/h3-4,11H,5H2,1-2H3. The van der Waals surface area contributed by atoms with E-state index in [9.17, 15) is 9.90 Å². The van der Waals surface area contributed by atoms with Gasteiger partial charge in [-0.25, -0.2) is 0 Å². The molecule has 13 heavy (non-hydrogen) atoms. The molecule has 4 heteroatoms. The van der Waals surface area contributed by atoms with Crippen LogP contribution in [0.5, 0.6) is 5.75 Å². The minimum absolute atomic E-state index is 0.0191. The smallest absolute Gasteiger partial charge is 0.177 e. The molecular formula is C9H11BrO2S. The molecule has 0 saturated carbocycles. The Labute approximate surface area is 89.7 Å². The fraction of sp³-hybridized carbons (Fsp3) is 0.444. The van der Waals surface area contributed by atoms with Crippen molar-refractivity contribution in [3.05, 3.63) is 16.3 Å². The maximum atomic E-state index is 11.6. The van der Waals surface area contributed by atoms with Crippen molar-refractivity contribution in [1.82, 2.24) is 0 Å². The Morgan fingerprint density at radius 3 is 2.69 bits per heavy atom. The SMILES string of the molecule is CC(C)(Br)CC(=O)c1sccc1O. The third-order valence-corrected chi connectivity index (χ3v) is 2.70. The molecule has 1 rings (SSSR count). The van der Waals surface area contributed by atoms with Crippen LogP contribution >= 0.6 is 27.3 Å². The number of ketones is 1. The highest BCUT2D eigenvalue weighted by atomic mass is 79.9. The number of halogens is 1. The van der Waals surface area contributed by atoms with E-state index < -0.39 is 0 Å². The summed E-state index contributed by atoms with van der Waals surface area (Å²) in [4.78, 5) is 12.0. The number of aromatic hydroxyl groups is 1. The molecule has 1 aromatic heterocycles. The van der Waals surface area contributed by atoms with Gasteiger partial charge in [-0.15, -0.1) is 11.3 Å². The molecule has 0 amide bonds. The number of carbonyl (C=O) groups is 1. The Bertz CT molecular complexity index is 312. The highest BCUT2D eigenvalue weighted by molar-refractivity contribution is 9.10. The second kappa shape index (κ2) is 3.80. The molecule has 0 radical (unpaired) electrons. The van der Waals surface area contributed by atoms with Gasteiger partial charge in [0.15, 0.2) is 5.78 Å². The summed E-state index contributed by atoms with van der Waals surface area (Å²) in [5.74, 6) is 0.0705. The van der Waals surface area contributed by atoms with Crippen LogP contribution in [0.15, 0.2) is 11.4 Å². The van der Waals surface area contributed by atoms with Gasteiger partial charge in [0.2, 0.25) is 0 Å². The average Bonchev–Trinajstić information content (AvgIpc) is 2.30. The largest absolute Gasteiger partial charge is 0.506 e. The summed E-state index contributed by atoms with van der Waals surface area (Å²) >= 11 is 4.67. The van der Waals surface area contributed by atoms with Crippen LogP contribution in [0.4, 0.5) is 0 Å². The van der Waals surface area contributed by atoms with E-state index in [0.29, 0.717) is 11.3 Å². The number of thiophene rings is 1. The Hall–Kier alpha value is -0.350. The summed E-state index contributed by atoms with van der Waals surface area (Å²) in [5, 5.41) is 11.0. The van der Waals surface area contributed by atoms with E-state index in [1.54, 1.807) is 11.4 Å². The first kappa shape index (κ1) is 10.7. The lowest BCUT2D eigenvalue weighted by atomic mass is 10.1. The first-order valence-corrected chi connectivity index (χ1v) is 5.56. The van der Waals surface area contributed by atoms with Gasteiger partial charge in [-0.3, -0.25) is 4.79 Å². The Balaban J connectivity index is 2.76. The van der Waals surface area contributed by atoms with E-state index >= 15 is 0 Å². The molecule has 0 unspecified atom stereocenters. The van der Waals surface area contributed by atoms with Crippen molar-refractivity contribution in [2.75, 3.05) is 0 Å². The molecular weight excluding hydrogens is 252 g/mol. The summed E-state index contributed by atoms with van der Waals surface area (Å²) in [6, 6.07) is 1.54. The summed E-state index contributed by atoms with van der Waals surface area (Å²) in [6.07, 6.45) is 0.390. The van der Waals surface area contributed by atoms with Gasteiger partial charge in [0.05, 0.1) is 0 Å². The van der Waals surface area contributed by atoms with Crippen molar-refractivity contribution in [2.45, 2.75) is 24.6 Å². The van der Waals surface area contributed by atoms with Gasteiger partial charge in [0.1, 0.15) is 10.6 Å². The molecule has 0 saturated heterocycles. The molecule has 0 atom stereocenters. The normalized spacial score (nSPS) is 11.6. The minimum Gasteiger partial charge on any atom is -0.506 e. The predicted octanol–water partition coefficient (Wildman–Crippen LogP) is 3.20. The number of carbonyl (C=O) groups excluding carboxylic acids is 1. The zero-order valence-corrected chi connectivity index (χ0v) is 9.91. The molecule has 1 aromatic rings. The number of rotatable bonds is 3. The van der Waals surface area contributed by atoms with Crippen molar-refractivity contribution in [3.63, 3.8) is 0 Å². The molecule has 0 bridgehead atoms. The molecule has 1 heterocycles. The third-order valence-electron chi connectivity index (χ3n) is 1.48. The monoisotopic (exact) mass is 262 g/mol. The van der Waals surface area contributed by atoms with Crippen LogP contribution in [-0.2, 0) is 0 Å². The van der Waals surface area contributed by atoms with E-state index in [0.717, 1.165) is 0 Å². The van der Waals surface area contributed by atoms with Crippen LogP contribution in [0.3, 0.4) is 0 Å². The summed E-state index contributed by atoms with van der Waals surface area (Å²) in [5.41, 5.74) is 0. The van der Waals surface area contributed by atoms with Gasteiger partial charge in [-0.1, -0.05) is 15.9 Å². The quantitative estimate of drug-likeness (QED) is 0.671. The molecule has 0 spiro atoms. The molecule has 0 fully saturated rings. The average molecular weight is 263 g/mol. The van der Waals surface area contributed by atoms with Gasteiger partial charge in [0, 0.05) is 10.7 Å². The number of Topliss-reactive ketones (excluding diaryl/α,β-unsaturated/α-hetero) is 1. The first-order chi connectivity index (χ1) is 5.90. The van der Waals surface area contributed by atoms with Crippen molar-refractivity contribution < 1.29 is 9.90 Å². The molecule has 0 aliphatic carbocycles. The maximum absolute atomic E-state index is 11.6. The lowest BCUT2D eigenvalue weighted by molar-refractivity contribution is 0.0976. The van der Waals surface area contributed by atoms with Gasteiger partial charge in [-0.2, -0.15) is 0 Å². The molecule has 1 N–H and O–H groups in total.